The predicted molar refractivity (Wildman–Crippen MR) is 134 cm³/mol. The highest BCUT2D eigenvalue weighted by Crippen LogP contribution is 2.23. The number of benzene rings is 3. The van der Waals surface area contributed by atoms with Gasteiger partial charge in [0, 0.05) is 38.2 Å². The van der Waals surface area contributed by atoms with Crippen molar-refractivity contribution in [3.63, 3.8) is 0 Å². The highest BCUT2D eigenvalue weighted by molar-refractivity contribution is 7.92. The summed E-state index contributed by atoms with van der Waals surface area (Å²) in [6.07, 6.45) is 1.44. The van der Waals surface area contributed by atoms with Gasteiger partial charge in [-0.2, -0.15) is 5.10 Å². The Morgan fingerprint density at radius 1 is 0.914 bits per heavy atom. The van der Waals surface area contributed by atoms with Crippen LogP contribution in [0.15, 0.2) is 94.9 Å². The fourth-order valence-corrected chi connectivity index (χ4v) is 5.31. The lowest BCUT2D eigenvalue weighted by Crippen LogP contribution is -2.40. The van der Waals surface area contributed by atoms with Gasteiger partial charge in [0.25, 0.3) is 15.9 Å². The highest BCUT2D eigenvalue weighted by Gasteiger charge is 2.27. The second kappa shape index (κ2) is 11.2. The van der Waals surface area contributed by atoms with Crippen molar-refractivity contribution < 1.29 is 17.6 Å². The van der Waals surface area contributed by atoms with Gasteiger partial charge in [-0.15, -0.1) is 0 Å². The van der Waals surface area contributed by atoms with Crippen molar-refractivity contribution in [1.82, 2.24) is 10.3 Å². The Labute approximate surface area is 204 Å². The lowest BCUT2D eigenvalue weighted by atomic mass is 10.1. The Bertz CT molecular complexity index is 1260. The number of nitrogens with one attached hydrogen (secondary N) is 1. The van der Waals surface area contributed by atoms with Crippen LogP contribution in [0, 0.1) is 5.82 Å². The van der Waals surface area contributed by atoms with Crippen LogP contribution in [0.25, 0.3) is 0 Å². The summed E-state index contributed by atoms with van der Waals surface area (Å²) in [5.74, 6) is -1.08. The first-order chi connectivity index (χ1) is 16.9. The number of anilines is 1. The molecule has 1 amide bonds. The van der Waals surface area contributed by atoms with Crippen LogP contribution in [-0.4, -0.2) is 44.6 Å². The van der Waals surface area contributed by atoms with E-state index in [-0.39, 0.29) is 10.6 Å². The van der Waals surface area contributed by atoms with Gasteiger partial charge in [0.2, 0.25) is 0 Å². The first-order valence-electron chi connectivity index (χ1n) is 11.4. The third-order valence-corrected chi connectivity index (χ3v) is 7.54. The number of sulfonamides is 1. The second-order valence-electron chi connectivity index (χ2n) is 8.28. The van der Waals surface area contributed by atoms with E-state index in [0.717, 1.165) is 54.6 Å². The first-order valence-corrected chi connectivity index (χ1v) is 12.8. The smallest absolute Gasteiger partial charge is 0.264 e. The Kier molecular flexibility index (Phi) is 7.89. The van der Waals surface area contributed by atoms with Crippen molar-refractivity contribution in [2.45, 2.75) is 24.3 Å². The maximum absolute atomic E-state index is 13.4. The standard InChI is InChI=1S/C26H27FN4O3S/c27-22-11-13-24(14-12-22)31(35(33,34)25-9-5-2-6-10-25)20-26(32)29-28-23-15-17-30(18-16-23)19-21-7-3-1-4-8-21/h1-14H,15-20H2,(H,29,32). The molecule has 1 aliphatic heterocycles. The summed E-state index contributed by atoms with van der Waals surface area (Å²) in [6.45, 7) is 2.03. The summed E-state index contributed by atoms with van der Waals surface area (Å²) < 4.78 is 40.9. The third kappa shape index (κ3) is 6.52. The molecule has 0 atom stereocenters. The van der Waals surface area contributed by atoms with E-state index < -0.39 is 28.3 Å². The monoisotopic (exact) mass is 494 g/mol. The van der Waals surface area contributed by atoms with Crippen LogP contribution in [-0.2, 0) is 21.4 Å². The van der Waals surface area contributed by atoms with Crippen LogP contribution < -0.4 is 9.73 Å². The van der Waals surface area contributed by atoms with Crippen molar-refractivity contribution in [2.75, 3.05) is 23.9 Å². The molecule has 0 spiro atoms. The average Bonchev–Trinajstić information content (AvgIpc) is 2.88. The average molecular weight is 495 g/mol. The van der Waals surface area contributed by atoms with Gasteiger partial charge in [-0.1, -0.05) is 48.5 Å². The van der Waals surface area contributed by atoms with E-state index in [0.29, 0.717) is 0 Å². The number of carbonyl (C=O) groups is 1. The number of hydrogen-bond donors (Lipinski definition) is 1. The number of nitrogens with zero attached hydrogens (tertiary/aromatic N) is 3. The Hall–Kier alpha value is -3.56. The number of amides is 1. The van der Waals surface area contributed by atoms with Gasteiger partial charge in [-0.3, -0.25) is 14.0 Å². The molecule has 4 rings (SSSR count). The summed E-state index contributed by atoms with van der Waals surface area (Å²) in [6, 6.07) is 23.0. The second-order valence-corrected chi connectivity index (χ2v) is 10.1. The number of carbonyl (C=O) groups excluding carboxylic acids is 1. The molecule has 0 aliphatic carbocycles. The molecule has 7 nitrogen and oxygen atoms in total. The molecule has 0 aromatic heterocycles. The molecular weight excluding hydrogens is 467 g/mol. The molecule has 0 saturated carbocycles. The zero-order valence-corrected chi connectivity index (χ0v) is 20.0. The molecule has 9 heteroatoms. The summed E-state index contributed by atoms with van der Waals surface area (Å²) in [4.78, 5) is 15.1. The number of likely N-dealkylation sites (tertiary alicyclic amines) is 1. The van der Waals surface area contributed by atoms with Crippen molar-refractivity contribution in [2.24, 2.45) is 5.10 Å². The molecule has 1 saturated heterocycles. The van der Waals surface area contributed by atoms with Crippen LogP contribution in [0.1, 0.15) is 18.4 Å². The van der Waals surface area contributed by atoms with Gasteiger partial charge in [0.1, 0.15) is 12.4 Å². The van der Waals surface area contributed by atoms with E-state index in [1.807, 2.05) is 18.2 Å². The summed E-state index contributed by atoms with van der Waals surface area (Å²) in [7, 11) is -4.05. The molecule has 0 bridgehead atoms. The van der Waals surface area contributed by atoms with Gasteiger partial charge >= 0.3 is 0 Å². The van der Waals surface area contributed by atoms with Gasteiger partial charge in [0.05, 0.1) is 10.6 Å². The minimum Gasteiger partial charge on any atom is -0.298 e. The topological polar surface area (TPSA) is 82.1 Å². The van der Waals surface area contributed by atoms with Crippen LogP contribution in [0.3, 0.4) is 0 Å². The van der Waals surface area contributed by atoms with E-state index in [4.69, 9.17) is 0 Å². The lowest BCUT2D eigenvalue weighted by molar-refractivity contribution is -0.119. The zero-order chi connectivity index (χ0) is 24.7. The molecule has 1 N–H and O–H groups in total. The van der Waals surface area contributed by atoms with E-state index in [1.165, 1.54) is 29.8 Å². The predicted octanol–water partition coefficient (Wildman–Crippen LogP) is 3.79. The normalized spacial score (nSPS) is 14.4. The molecule has 1 fully saturated rings. The highest BCUT2D eigenvalue weighted by atomic mass is 32.2. The molecule has 182 valence electrons. The Morgan fingerprint density at radius 2 is 1.51 bits per heavy atom. The minimum absolute atomic E-state index is 0.0363. The van der Waals surface area contributed by atoms with E-state index in [9.17, 15) is 17.6 Å². The van der Waals surface area contributed by atoms with Crippen molar-refractivity contribution in [3.8, 4) is 0 Å². The maximum Gasteiger partial charge on any atom is 0.264 e. The first kappa shape index (κ1) is 24.6. The Morgan fingerprint density at radius 3 is 2.14 bits per heavy atom. The Balaban J connectivity index is 1.40. The maximum atomic E-state index is 13.4. The summed E-state index contributed by atoms with van der Waals surface area (Å²) >= 11 is 0. The molecule has 3 aromatic rings. The number of hydrogen-bond acceptors (Lipinski definition) is 5. The minimum atomic E-state index is -4.05. The van der Waals surface area contributed by atoms with Gasteiger partial charge in [-0.05, 0) is 42.0 Å². The van der Waals surface area contributed by atoms with Crippen molar-refractivity contribution >= 4 is 27.3 Å². The fourth-order valence-electron chi connectivity index (χ4n) is 3.87. The number of piperidine rings is 1. The molecule has 35 heavy (non-hydrogen) atoms. The quantitative estimate of drug-likeness (QED) is 0.483. The van der Waals surface area contributed by atoms with Gasteiger partial charge < -0.3 is 0 Å². The molecule has 1 heterocycles. The van der Waals surface area contributed by atoms with Crippen LogP contribution in [0.2, 0.25) is 0 Å². The number of rotatable bonds is 8. The van der Waals surface area contributed by atoms with Crippen LogP contribution >= 0.6 is 0 Å². The zero-order valence-electron chi connectivity index (χ0n) is 19.2. The van der Waals surface area contributed by atoms with Gasteiger partial charge in [0.15, 0.2) is 0 Å². The van der Waals surface area contributed by atoms with Crippen molar-refractivity contribution in [3.05, 3.63) is 96.3 Å². The molecule has 3 aromatic carbocycles. The number of hydrazone groups is 1. The SMILES string of the molecule is O=C(CN(c1ccc(F)cc1)S(=O)(=O)c1ccccc1)NN=C1CCN(Cc2ccccc2)CC1. The third-order valence-electron chi connectivity index (χ3n) is 5.75. The van der Waals surface area contributed by atoms with E-state index >= 15 is 0 Å². The summed E-state index contributed by atoms with van der Waals surface area (Å²) in [5, 5.41) is 4.25. The van der Waals surface area contributed by atoms with Gasteiger partial charge in [-0.25, -0.2) is 18.2 Å². The molecular formula is C26H27FN4O3S. The largest absolute Gasteiger partial charge is 0.298 e. The van der Waals surface area contributed by atoms with E-state index in [2.05, 4.69) is 27.6 Å². The molecule has 0 unspecified atom stereocenters. The van der Waals surface area contributed by atoms with Crippen molar-refractivity contribution in [1.29, 1.82) is 0 Å². The lowest BCUT2D eigenvalue weighted by Gasteiger charge is -2.27. The fraction of sp³-hybridized carbons (Fsp3) is 0.231. The summed E-state index contributed by atoms with van der Waals surface area (Å²) in [5.41, 5.74) is 4.80. The molecule has 0 radical (unpaired) electrons. The van der Waals surface area contributed by atoms with Crippen LogP contribution in [0.5, 0.6) is 0 Å². The van der Waals surface area contributed by atoms with Crippen LogP contribution in [0.4, 0.5) is 10.1 Å². The molecule has 1 aliphatic rings. The number of halogens is 1. The van der Waals surface area contributed by atoms with E-state index in [1.54, 1.807) is 18.2 Å².